The average Bonchev–Trinajstić information content (AvgIpc) is 3.78. The molecule has 43 heavy (non-hydrogen) atoms. The third-order valence-electron chi connectivity index (χ3n) is 8.86. The second-order valence-electron chi connectivity index (χ2n) is 11.4. The van der Waals surface area contributed by atoms with Crippen LogP contribution < -0.4 is 15.4 Å². The Morgan fingerprint density at radius 1 is 0.977 bits per heavy atom. The summed E-state index contributed by atoms with van der Waals surface area (Å²) in [5.41, 5.74) is 5.80. The normalized spacial score (nSPS) is 19.3. The van der Waals surface area contributed by atoms with Gasteiger partial charge in [0.15, 0.2) is 0 Å². The summed E-state index contributed by atoms with van der Waals surface area (Å²) in [5, 5.41) is 2.64. The molecular weight excluding hydrogens is 578 g/mol. The number of amides is 3. The second-order valence-corrected chi connectivity index (χ2v) is 13.3. The van der Waals surface area contributed by atoms with Crippen molar-refractivity contribution in [3.63, 3.8) is 0 Å². The molecule has 3 amide bonds. The first-order chi connectivity index (χ1) is 20.4. The molecular formula is C31H30F2N4O5S. The topological polar surface area (TPSA) is 130 Å². The van der Waals surface area contributed by atoms with E-state index in [1.165, 1.54) is 41.6 Å². The molecule has 6 rings (SSSR count). The maximum Gasteiger partial charge on any atom is 0.264 e. The largest absolute Gasteiger partial charge is 0.366 e. The van der Waals surface area contributed by atoms with E-state index < -0.39 is 50.5 Å². The van der Waals surface area contributed by atoms with Gasteiger partial charge in [0.25, 0.3) is 15.9 Å². The lowest BCUT2D eigenvalue weighted by Gasteiger charge is -2.45. The summed E-state index contributed by atoms with van der Waals surface area (Å²) in [4.78, 5) is 38.7. The summed E-state index contributed by atoms with van der Waals surface area (Å²) < 4.78 is 58.3. The molecule has 3 aromatic carbocycles. The van der Waals surface area contributed by atoms with Crippen LogP contribution in [-0.2, 0) is 20.2 Å². The van der Waals surface area contributed by atoms with Gasteiger partial charge in [-0.05, 0) is 91.8 Å². The zero-order chi connectivity index (χ0) is 30.7. The van der Waals surface area contributed by atoms with Crippen LogP contribution in [0.25, 0.3) is 0 Å². The smallest absolute Gasteiger partial charge is 0.264 e. The number of primary amides is 1. The number of sulfonamides is 1. The second kappa shape index (κ2) is 10.4. The highest BCUT2D eigenvalue weighted by Gasteiger charge is 2.60. The van der Waals surface area contributed by atoms with E-state index in [0.29, 0.717) is 42.9 Å². The Hall–Kier alpha value is -4.32. The van der Waals surface area contributed by atoms with E-state index in [1.54, 1.807) is 17.0 Å². The molecule has 1 saturated carbocycles. The first-order valence-corrected chi connectivity index (χ1v) is 15.5. The van der Waals surface area contributed by atoms with Crippen molar-refractivity contribution in [1.29, 1.82) is 0 Å². The molecule has 2 heterocycles. The molecule has 12 heteroatoms. The minimum absolute atomic E-state index is 0.0600. The zero-order valence-corrected chi connectivity index (χ0v) is 24.2. The van der Waals surface area contributed by atoms with Gasteiger partial charge in [-0.15, -0.1) is 0 Å². The van der Waals surface area contributed by atoms with Crippen LogP contribution in [0, 0.1) is 17.6 Å². The number of nitrogens with one attached hydrogen (secondary N) is 1. The number of benzene rings is 3. The van der Waals surface area contributed by atoms with Crippen molar-refractivity contribution >= 4 is 39.1 Å². The molecule has 9 nitrogen and oxygen atoms in total. The van der Waals surface area contributed by atoms with Crippen LogP contribution in [0.5, 0.6) is 0 Å². The molecule has 0 radical (unpaired) electrons. The molecule has 2 aliphatic heterocycles. The minimum atomic E-state index is -4.19. The number of anilines is 2. The SMILES string of the molecule is CC(=O)N1CCC2(CC1)c1cc(NC(=O)c3cc(F)ccc3F)ccc1N(S(=O)(=O)c1cccc(C(N)=O)c1)C2C1CC1. The molecule has 0 aromatic heterocycles. The van der Waals surface area contributed by atoms with Crippen molar-refractivity contribution < 1.29 is 31.6 Å². The maximum absolute atomic E-state index is 14.4. The molecule has 224 valence electrons. The first-order valence-electron chi connectivity index (χ1n) is 14.0. The number of rotatable bonds is 6. The number of likely N-dealkylation sites (tertiary alicyclic amines) is 1. The molecule has 0 bridgehead atoms. The number of piperidine rings is 1. The van der Waals surface area contributed by atoms with Crippen molar-refractivity contribution in [3.05, 3.63) is 89.0 Å². The van der Waals surface area contributed by atoms with E-state index in [-0.39, 0.29) is 22.3 Å². The molecule has 1 aliphatic carbocycles. The number of nitrogens with two attached hydrogens (primary N) is 1. The van der Waals surface area contributed by atoms with Crippen molar-refractivity contribution in [2.45, 2.75) is 49.0 Å². The first kappa shape index (κ1) is 28.8. The van der Waals surface area contributed by atoms with Gasteiger partial charge in [-0.2, -0.15) is 0 Å². The van der Waals surface area contributed by atoms with Gasteiger partial charge in [0.05, 0.1) is 22.2 Å². The number of hydrogen-bond donors (Lipinski definition) is 2. The Morgan fingerprint density at radius 3 is 2.35 bits per heavy atom. The van der Waals surface area contributed by atoms with Crippen molar-refractivity contribution in [1.82, 2.24) is 4.90 Å². The highest BCUT2D eigenvalue weighted by atomic mass is 32.2. The third kappa shape index (κ3) is 4.93. The summed E-state index contributed by atoms with van der Waals surface area (Å²) >= 11 is 0. The molecule has 1 atom stereocenters. The number of halogens is 2. The highest BCUT2D eigenvalue weighted by Crippen LogP contribution is 2.59. The van der Waals surface area contributed by atoms with E-state index >= 15 is 0 Å². The van der Waals surface area contributed by atoms with Gasteiger partial charge in [0.2, 0.25) is 11.8 Å². The van der Waals surface area contributed by atoms with Crippen molar-refractivity contribution in [2.24, 2.45) is 11.7 Å². The van der Waals surface area contributed by atoms with E-state index in [1.807, 2.05) is 0 Å². The monoisotopic (exact) mass is 608 g/mol. The fourth-order valence-corrected chi connectivity index (χ4v) is 8.50. The van der Waals surface area contributed by atoms with Gasteiger partial charge >= 0.3 is 0 Å². The van der Waals surface area contributed by atoms with E-state index in [4.69, 9.17) is 5.73 Å². The third-order valence-corrected chi connectivity index (χ3v) is 10.7. The molecule has 3 aromatic rings. The van der Waals surface area contributed by atoms with E-state index in [9.17, 15) is 31.6 Å². The number of hydrogen-bond acceptors (Lipinski definition) is 5. The molecule has 1 spiro atoms. The summed E-state index contributed by atoms with van der Waals surface area (Å²) in [6, 6.07) is 12.6. The minimum Gasteiger partial charge on any atom is -0.366 e. The van der Waals surface area contributed by atoms with Crippen LogP contribution in [0.3, 0.4) is 0 Å². The van der Waals surface area contributed by atoms with E-state index in [0.717, 1.165) is 31.0 Å². The summed E-state index contributed by atoms with van der Waals surface area (Å²) in [6.45, 7) is 2.35. The predicted octanol–water partition coefficient (Wildman–Crippen LogP) is 4.18. The lowest BCUT2D eigenvalue weighted by atomic mass is 9.68. The predicted molar refractivity (Wildman–Crippen MR) is 155 cm³/mol. The Kier molecular flexibility index (Phi) is 6.99. The fourth-order valence-electron chi connectivity index (χ4n) is 6.65. The van der Waals surface area contributed by atoms with Gasteiger partial charge in [-0.1, -0.05) is 6.07 Å². The zero-order valence-electron chi connectivity index (χ0n) is 23.3. The molecule has 2 fully saturated rings. The Morgan fingerprint density at radius 2 is 1.70 bits per heavy atom. The van der Waals surface area contributed by atoms with Crippen LogP contribution in [0.4, 0.5) is 20.2 Å². The van der Waals surface area contributed by atoms with Gasteiger partial charge in [-0.3, -0.25) is 18.7 Å². The van der Waals surface area contributed by atoms with Crippen LogP contribution in [0.1, 0.15) is 58.9 Å². The van der Waals surface area contributed by atoms with Gasteiger partial charge in [-0.25, -0.2) is 17.2 Å². The van der Waals surface area contributed by atoms with E-state index in [2.05, 4.69) is 5.32 Å². The summed E-state index contributed by atoms with van der Waals surface area (Å²) in [7, 11) is -4.19. The van der Waals surface area contributed by atoms with Crippen LogP contribution in [0.15, 0.2) is 65.6 Å². The molecule has 3 N–H and O–H groups in total. The number of fused-ring (bicyclic) bond motifs is 2. The number of carbonyl (C=O) groups is 3. The lowest BCUT2D eigenvalue weighted by molar-refractivity contribution is -0.130. The molecule has 1 saturated heterocycles. The lowest BCUT2D eigenvalue weighted by Crippen LogP contribution is -2.54. The van der Waals surface area contributed by atoms with Crippen LogP contribution in [-0.4, -0.2) is 50.2 Å². The summed E-state index contributed by atoms with van der Waals surface area (Å²) in [6.07, 6.45) is 2.63. The molecule has 3 aliphatic rings. The van der Waals surface area contributed by atoms with Gasteiger partial charge in [0.1, 0.15) is 11.6 Å². The van der Waals surface area contributed by atoms with Gasteiger partial charge < -0.3 is 16.0 Å². The quantitative estimate of drug-likeness (QED) is 0.434. The van der Waals surface area contributed by atoms with Crippen LogP contribution in [0.2, 0.25) is 0 Å². The van der Waals surface area contributed by atoms with Crippen molar-refractivity contribution in [3.8, 4) is 0 Å². The average molecular weight is 609 g/mol. The highest BCUT2D eigenvalue weighted by molar-refractivity contribution is 7.93. The fraction of sp³-hybridized carbons (Fsp3) is 0.323. The van der Waals surface area contributed by atoms with Gasteiger partial charge in [0, 0.05) is 36.7 Å². The standard InChI is InChI=1S/C31H30F2N4O5S/c1-18(38)36-13-11-31(12-14-36)25-17-22(35-30(40)24-16-21(32)7-9-26(24)33)8-10-27(25)37(28(31)19-5-6-19)43(41,42)23-4-2-3-20(15-23)29(34)39/h2-4,7-10,15-17,19,28H,5-6,11-14H2,1H3,(H2,34,39)(H,35,40). The Labute approximate surface area is 247 Å². The van der Waals surface area contributed by atoms with Crippen LogP contribution >= 0.6 is 0 Å². The van der Waals surface area contributed by atoms with Crippen molar-refractivity contribution in [2.75, 3.05) is 22.7 Å². The number of carbonyl (C=O) groups excluding carboxylic acids is 3. The summed E-state index contributed by atoms with van der Waals surface area (Å²) in [5.74, 6) is -3.24. The number of nitrogens with zero attached hydrogens (tertiary/aromatic N) is 2. The Bertz CT molecular complexity index is 1770. The maximum atomic E-state index is 14.4. The Balaban J connectivity index is 1.47. The molecule has 1 unspecified atom stereocenters.